The molecule has 0 spiro atoms. The first-order chi connectivity index (χ1) is 9.46. The molecular weight excluding hydrogens is 359 g/mol. The van der Waals surface area contributed by atoms with E-state index in [9.17, 15) is 5.11 Å². The number of aliphatic hydroxyl groups is 1. The third-order valence-electron chi connectivity index (χ3n) is 3.48. The van der Waals surface area contributed by atoms with Gasteiger partial charge >= 0.3 is 0 Å². The summed E-state index contributed by atoms with van der Waals surface area (Å²) in [6.07, 6.45) is 0.962. The van der Waals surface area contributed by atoms with Crippen molar-refractivity contribution in [2.75, 3.05) is 0 Å². The lowest BCUT2D eigenvalue weighted by Gasteiger charge is -2.28. The topological polar surface area (TPSA) is 20.2 Å². The van der Waals surface area contributed by atoms with E-state index in [0.29, 0.717) is 22.9 Å². The number of hydrogen-bond donors (Lipinski definition) is 1. The standard InChI is InChI=1S/C16H15BrCl2O/c1-2-16(20,11-5-3-6-12(17)9-11)10-13-14(18)7-4-8-15(13)19/h3-9,20H,2,10H2,1H3. The maximum absolute atomic E-state index is 11.0. The molecule has 0 saturated heterocycles. The summed E-state index contributed by atoms with van der Waals surface area (Å²) >= 11 is 15.8. The van der Waals surface area contributed by atoms with Gasteiger partial charge in [0.2, 0.25) is 0 Å². The Kier molecular flexibility index (Phi) is 5.14. The SMILES string of the molecule is CCC(O)(Cc1c(Cl)cccc1Cl)c1cccc(Br)c1. The Morgan fingerprint density at radius 1 is 1.10 bits per heavy atom. The predicted molar refractivity (Wildman–Crippen MR) is 88.5 cm³/mol. The molecule has 0 radical (unpaired) electrons. The van der Waals surface area contributed by atoms with Crippen LogP contribution < -0.4 is 0 Å². The molecule has 1 nitrogen and oxygen atoms in total. The van der Waals surface area contributed by atoms with E-state index in [2.05, 4.69) is 15.9 Å². The van der Waals surface area contributed by atoms with Crippen LogP contribution in [-0.4, -0.2) is 5.11 Å². The van der Waals surface area contributed by atoms with Gasteiger partial charge in [0.05, 0.1) is 5.60 Å². The smallest absolute Gasteiger partial charge is 0.0935 e. The second-order valence-electron chi connectivity index (χ2n) is 4.77. The van der Waals surface area contributed by atoms with Gasteiger partial charge in [-0.05, 0) is 41.8 Å². The van der Waals surface area contributed by atoms with Crippen molar-refractivity contribution in [1.29, 1.82) is 0 Å². The van der Waals surface area contributed by atoms with Crippen LogP contribution in [-0.2, 0) is 12.0 Å². The fourth-order valence-corrected chi connectivity index (χ4v) is 3.13. The highest BCUT2D eigenvalue weighted by molar-refractivity contribution is 9.10. The molecule has 0 aliphatic carbocycles. The molecule has 2 aromatic carbocycles. The van der Waals surface area contributed by atoms with E-state index < -0.39 is 5.60 Å². The summed E-state index contributed by atoms with van der Waals surface area (Å²) in [7, 11) is 0. The Morgan fingerprint density at radius 3 is 2.25 bits per heavy atom. The zero-order valence-electron chi connectivity index (χ0n) is 11.0. The van der Waals surface area contributed by atoms with Gasteiger partial charge in [0.15, 0.2) is 0 Å². The number of benzene rings is 2. The molecule has 0 aromatic heterocycles. The molecule has 0 aliphatic rings. The molecule has 0 heterocycles. The number of halogens is 3. The van der Waals surface area contributed by atoms with Crippen molar-refractivity contribution in [3.8, 4) is 0 Å². The van der Waals surface area contributed by atoms with E-state index in [0.717, 1.165) is 15.6 Å². The Balaban J connectivity index is 2.42. The van der Waals surface area contributed by atoms with Crippen LogP contribution >= 0.6 is 39.1 Å². The van der Waals surface area contributed by atoms with Crippen molar-refractivity contribution in [1.82, 2.24) is 0 Å². The summed E-state index contributed by atoms with van der Waals surface area (Å²) in [6.45, 7) is 1.95. The van der Waals surface area contributed by atoms with Crippen LogP contribution in [0.4, 0.5) is 0 Å². The van der Waals surface area contributed by atoms with Gasteiger partial charge in [-0.25, -0.2) is 0 Å². The summed E-state index contributed by atoms with van der Waals surface area (Å²) < 4.78 is 0.937. The molecule has 0 fully saturated rings. The third kappa shape index (κ3) is 3.37. The lowest BCUT2D eigenvalue weighted by Crippen LogP contribution is -2.28. The molecule has 1 unspecified atom stereocenters. The lowest BCUT2D eigenvalue weighted by atomic mass is 9.85. The van der Waals surface area contributed by atoms with Crippen LogP contribution in [0.25, 0.3) is 0 Å². The van der Waals surface area contributed by atoms with Gasteiger partial charge in [0.1, 0.15) is 0 Å². The number of rotatable bonds is 4. The first-order valence-corrected chi connectivity index (χ1v) is 7.92. The molecule has 4 heteroatoms. The average Bonchev–Trinajstić information content (AvgIpc) is 2.43. The van der Waals surface area contributed by atoms with E-state index in [1.165, 1.54) is 0 Å². The number of hydrogen-bond acceptors (Lipinski definition) is 1. The van der Waals surface area contributed by atoms with Gasteiger partial charge < -0.3 is 5.11 Å². The van der Waals surface area contributed by atoms with Crippen molar-refractivity contribution in [3.05, 3.63) is 68.1 Å². The van der Waals surface area contributed by atoms with Crippen LogP contribution in [0.1, 0.15) is 24.5 Å². The van der Waals surface area contributed by atoms with Crippen molar-refractivity contribution >= 4 is 39.1 Å². The highest BCUT2D eigenvalue weighted by atomic mass is 79.9. The van der Waals surface area contributed by atoms with E-state index >= 15 is 0 Å². The summed E-state index contributed by atoms with van der Waals surface area (Å²) in [4.78, 5) is 0. The molecule has 106 valence electrons. The molecule has 2 aromatic rings. The highest BCUT2D eigenvalue weighted by Gasteiger charge is 2.29. The van der Waals surface area contributed by atoms with Gasteiger partial charge in [0.25, 0.3) is 0 Å². The minimum absolute atomic E-state index is 0.387. The van der Waals surface area contributed by atoms with Crippen LogP contribution in [0.15, 0.2) is 46.9 Å². The average molecular weight is 374 g/mol. The normalized spacial score (nSPS) is 14.1. The van der Waals surface area contributed by atoms with Crippen molar-refractivity contribution in [2.24, 2.45) is 0 Å². The van der Waals surface area contributed by atoms with Gasteiger partial charge in [-0.2, -0.15) is 0 Å². The minimum Gasteiger partial charge on any atom is -0.385 e. The molecule has 2 rings (SSSR count). The molecule has 1 N–H and O–H groups in total. The van der Waals surface area contributed by atoms with E-state index in [1.54, 1.807) is 18.2 Å². The van der Waals surface area contributed by atoms with Crippen LogP contribution in [0.2, 0.25) is 10.0 Å². The zero-order chi connectivity index (χ0) is 14.8. The van der Waals surface area contributed by atoms with Crippen LogP contribution in [0, 0.1) is 0 Å². The maximum atomic E-state index is 11.0. The van der Waals surface area contributed by atoms with Crippen LogP contribution in [0.3, 0.4) is 0 Å². The summed E-state index contributed by atoms with van der Waals surface area (Å²) in [5.41, 5.74) is 0.642. The first-order valence-electron chi connectivity index (χ1n) is 6.37. The molecule has 1 atom stereocenters. The monoisotopic (exact) mass is 372 g/mol. The molecule has 20 heavy (non-hydrogen) atoms. The molecule has 0 bridgehead atoms. The lowest BCUT2D eigenvalue weighted by molar-refractivity contribution is 0.0327. The Hall–Kier alpha value is -0.540. The summed E-state index contributed by atoms with van der Waals surface area (Å²) in [5.74, 6) is 0. The molecular formula is C16H15BrCl2O. The van der Waals surface area contributed by atoms with Crippen molar-refractivity contribution in [2.45, 2.75) is 25.4 Å². The van der Waals surface area contributed by atoms with Gasteiger partial charge in [-0.1, -0.05) is 64.3 Å². The maximum Gasteiger partial charge on any atom is 0.0935 e. The van der Waals surface area contributed by atoms with Crippen molar-refractivity contribution < 1.29 is 5.11 Å². The van der Waals surface area contributed by atoms with Gasteiger partial charge in [-0.15, -0.1) is 0 Å². The van der Waals surface area contributed by atoms with Crippen molar-refractivity contribution in [3.63, 3.8) is 0 Å². The van der Waals surface area contributed by atoms with E-state index in [4.69, 9.17) is 23.2 Å². The summed E-state index contributed by atoms with van der Waals surface area (Å²) in [6, 6.07) is 13.1. The first kappa shape index (κ1) is 15.8. The molecule has 0 aliphatic heterocycles. The molecule has 0 amide bonds. The Morgan fingerprint density at radius 2 is 1.70 bits per heavy atom. The minimum atomic E-state index is -0.988. The largest absolute Gasteiger partial charge is 0.385 e. The van der Waals surface area contributed by atoms with E-state index in [-0.39, 0.29) is 0 Å². The van der Waals surface area contributed by atoms with Gasteiger partial charge in [0, 0.05) is 20.9 Å². The third-order valence-corrected chi connectivity index (χ3v) is 4.68. The second kappa shape index (κ2) is 6.48. The highest BCUT2D eigenvalue weighted by Crippen LogP contribution is 2.35. The molecule has 0 saturated carbocycles. The second-order valence-corrected chi connectivity index (χ2v) is 6.50. The Labute approximate surface area is 137 Å². The summed E-state index contributed by atoms with van der Waals surface area (Å²) in [5, 5.41) is 12.1. The fraction of sp³-hybridized carbons (Fsp3) is 0.250. The van der Waals surface area contributed by atoms with Gasteiger partial charge in [-0.3, -0.25) is 0 Å². The Bertz CT molecular complexity index is 595. The zero-order valence-corrected chi connectivity index (χ0v) is 14.1. The quantitative estimate of drug-likeness (QED) is 0.739. The van der Waals surface area contributed by atoms with E-state index in [1.807, 2.05) is 31.2 Å². The fourth-order valence-electron chi connectivity index (χ4n) is 2.20. The predicted octanol–water partition coefficient (Wildman–Crippen LogP) is 5.60. The van der Waals surface area contributed by atoms with Crippen LogP contribution in [0.5, 0.6) is 0 Å².